The van der Waals surface area contributed by atoms with Crippen molar-refractivity contribution in [1.29, 1.82) is 0 Å². The summed E-state index contributed by atoms with van der Waals surface area (Å²) in [6, 6.07) is 1.80. The van der Waals surface area contributed by atoms with Gasteiger partial charge in [0.2, 0.25) is 0 Å². The molecule has 0 amide bonds. The number of ether oxygens (including phenoxy) is 1. The molecule has 7 nitrogen and oxygen atoms in total. The van der Waals surface area contributed by atoms with Crippen molar-refractivity contribution in [2.45, 2.75) is 22.2 Å². The quantitative estimate of drug-likeness (QED) is 0.466. The fraction of sp³-hybridized carbons (Fsp3) is 0.300. The lowest BCUT2D eigenvalue weighted by atomic mass is 10.7. The maximum absolute atomic E-state index is 11.4. The molecule has 0 bridgehead atoms. The first-order valence-electron chi connectivity index (χ1n) is 5.27. The van der Waals surface area contributed by atoms with Crippen LogP contribution < -0.4 is 0 Å². The van der Waals surface area contributed by atoms with E-state index in [9.17, 15) is 4.79 Å². The normalized spacial score (nSPS) is 10.4. The van der Waals surface area contributed by atoms with Crippen LogP contribution in [-0.2, 0) is 4.74 Å². The Morgan fingerprint density at radius 2 is 2.16 bits per heavy atom. The number of carbonyl (C=O) groups excluding carboxylic acids is 1. The molecule has 2 aromatic rings. The number of carbonyl (C=O) groups is 1. The lowest BCUT2D eigenvalue weighted by Crippen LogP contribution is -2.04. The minimum atomic E-state index is -0.630. The maximum Gasteiger partial charge on any atom is 0.396 e. The fourth-order valence-corrected chi connectivity index (χ4v) is 2.21. The smallest absolute Gasteiger partial charge is 0.396 e. The summed E-state index contributed by atoms with van der Waals surface area (Å²) in [6.07, 6.45) is 3.37. The fourth-order valence-electron chi connectivity index (χ4n) is 1.11. The zero-order valence-corrected chi connectivity index (χ0v) is 11.8. The lowest BCUT2D eigenvalue weighted by molar-refractivity contribution is 0.0475. The number of hydrogen-bond acceptors (Lipinski definition) is 9. The van der Waals surface area contributed by atoms with E-state index in [4.69, 9.17) is 9.15 Å². The molecule has 0 radical (unpaired) electrons. The SMILES string of the molecule is CCOC(=O)c1nnc(Sc2cc(SC)ncn2)o1. The van der Waals surface area contributed by atoms with Crippen LogP contribution in [0.4, 0.5) is 0 Å². The molecule has 0 aromatic carbocycles. The molecule has 2 heterocycles. The van der Waals surface area contributed by atoms with Crippen molar-refractivity contribution in [3.8, 4) is 0 Å². The molecule has 0 aliphatic rings. The summed E-state index contributed by atoms with van der Waals surface area (Å²) in [5.74, 6) is -0.794. The van der Waals surface area contributed by atoms with Crippen molar-refractivity contribution in [2.75, 3.05) is 12.9 Å². The second-order valence-electron chi connectivity index (χ2n) is 3.09. The molecule has 0 N–H and O–H groups in total. The Bertz CT molecular complexity index is 575. The van der Waals surface area contributed by atoms with Crippen molar-refractivity contribution in [2.24, 2.45) is 0 Å². The standard InChI is InChI=1S/C10H10N4O3S2/c1-3-16-9(15)8-13-14-10(17-8)19-7-4-6(18-2)11-5-12-7/h4-5H,3H2,1-2H3. The summed E-state index contributed by atoms with van der Waals surface area (Å²) >= 11 is 2.67. The van der Waals surface area contributed by atoms with Gasteiger partial charge in [-0.2, -0.15) is 0 Å². The molecule has 0 saturated heterocycles. The van der Waals surface area contributed by atoms with Crippen LogP contribution >= 0.6 is 23.5 Å². The third-order valence-corrected chi connectivity index (χ3v) is 3.29. The molecule has 100 valence electrons. The highest BCUT2D eigenvalue weighted by molar-refractivity contribution is 7.99. The van der Waals surface area contributed by atoms with Crippen LogP contribution in [0.5, 0.6) is 0 Å². The van der Waals surface area contributed by atoms with E-state index < -0.39 is 5.97 Å². The lowest BCUT2D eigenvalue weighted by Gasteiger charge is -1.97. The second-order valence-corrected chi connectivity index (χ2v) is 4.89. The van der Waals surface area contributed by atoms with E-state index in [0.29, 0.717) is 5.03 Å². The van der Waals surface area contributed by atoms with Gasteiger partial charge < -0.3 is 9.15 Å². The van der Waals surface area contributed by atoms with E-state index in [0.717, 1.165) is 16.8 Å². The van der Waals surface area contributed by atoms with Gasteiger partial charge in [0, 0.05) is 6.07 Å². The average molecular weight is 298 g/mol. The van der Waals surface area contributed by atoms with E-state index in [1.54, 1.807) is 13.0 Å². The summed E-state index contributed by atoms with van der Waals surface area (Å²) in [5.41, 5.74) is 0. The molecular formula is C10H10N4O3S2. The topological polar surface area (TPSA) is 91.0 Å². The van der Waals surface area contributed by atoms with Gasteiger partial charge in [-0.1, -0.05) is 5.10 Å². The summed E-state index contributed by atoms with van der Waals surface area (Å²) in [4.78, 5) is 19.5. The molecule has 0 aliphatic carbocycles. The minimum absolute atomic E-state index is 0.163. The van der Waals surface area contributed by atoms with Crippen molar-refractivity contribution >= 4 is 29.5 Å². The Morgan fingerprint density at radius 1 is 1.37 bits per heavy atom. The zero-order chi connectivity index (χ0) is 13.7. The largest absolute Gasteiger partial charge is 0.459 e. The van der Waals surface area contributed by atoms with Crippen molar-refractivity contribution in [1.82, 2.24) is 20.2 Å². The van der Waals surface area contributed by atoms with Crippen LogP contribution in [0.15, 0.2) is 32.1 Å². The Kier molecular flexibility index (Phi) is 4.74. The van der Waals surface area contributed by atoms with Gasteiger partial charge in [-0.05, 0) is 24.9 Å². The number of rotatable bonds is 5. The number of nitrogens with zero attached hydrogens (tertiary/aromatic N) is 4. The molecule has 0 atom stereocenters. The van der Waals surface area contributed by atoms with Gasteiger partial charge in [-0.3, -0.25) is 0 Å². The van der Waals surface area contributed by atoms with E-state index >= 15 is 0 Å². The zero-order valence-electron chi connectivity index (χ0n) is 10.2. The van der Waals surface area contributed by atoms with Crippen LogP contribution in [0, 0.1) is 0 Å². The maximum atomic E-state index is 11.4. The third kappa shape index (κ3) is 3.67. The molecular weight excluding hydrogens is 288 g/mol. The average Bonchev–Trinajstić information content (AvgIpc) is 2.88. The van der Waals surface area contributed by atoms with Gasteiger partial charge in [0.1, 0.15) is 16.4 Å². The Labute approximate surface area is 117 Å². The van der Waals surface area contributed by atoms with Crippen molar-refractivity contribution in [3.05, 3.63) is 18.3 Å². The first-order chi connectivity index (χ1) is 9.22. The van der Waals surface area contributed by atoms with Gasteiger partial charge in [0.25, 0.3) is 5.22 Å². The number of esters is 1. The Balaban J connectivity index is 2.09. The first kappa shape index (κ1) is 13.8. The molecule has 0 unspecified atom stereocenters. The third-order valence-electron chi connectivity index (χ3n) is 1.87. The molecule has 2 aromatic heterocycles. The summed E-state index contributed by atoms with van der Waals surface area (Å²) in [7, 11) is 0. The monoisotopic (exact) mass is 298 g/mol. The number of hydrogen-bond donors (Lipinski definition) is 0. The van der Waals surface area contributed by atoms with E-state index in [-0.39, 0.29) is 17.7 Å². The van der Waals surface area contributed by atoms with Crippen molar-refractivity contribution in [3.63, 3.8) is 0 Å². The highest BCUT2D eigenvalue weighted by atomic mass is 32.2. The Morgan fingerprint density at radius 3 is 2.89 bits per heavy atom. The Hall–Kier alpha value is -1.61. The second kappa shape index (κ2) is 6.53. The van der Waals surface area contributed by atoms with Crippen LogP contribution in [0.3, 0.4) is 0 Å². The summed E-state index contributed by atoms with van der Waals surface area (Å²) in [6.45, 7) is 1.96. The predicted molar refractivity (Wildman–Crippen MR) is 68.2 cm³/mol. The first-order valence-corrected chi connectivity index (χ1v) is 7.31. The van der Waals surface area contributed by atoms with Crippen LogP contribution in [0.2, 0.25) is 0 Å². The number of aromatic nitrogens is 4. The van der Waals surface area contributed by atoms with E-state index in [2.05, 4.69) is 20.2 Å². The highest BCUT2D eigenvalue weighted by Crippen LogP contribution is 2.26. The van der Waals surface area contributed by atoms with Gasteiger partial charge in [-0.15, -0.1) is 16.9 Å². The minimum Gasteiger partial charge on any atom is -0.459 e. The van der Waals surface area contributed by atoms with Gasteiger partial charge in [-0.25, -0.2) is 14.8 Å². The predicted octanol–water partition coefficient (Wildman–Crippen LogP) is 1.91. The molecule has 9 heteroatoms. The molecule has 0 aliphatic heterocycles. The summed E-state index contributed by atoms with van der Waals surface area (Å²) < 4.78 is 9.93. The molecule has 0 fully saturated rings. The number of thioether (sulfide) groups is 1. The van der Waals surface area contributed by atoms with Gasteiger partial charge >= 0.3 is 11.9 Å². The molecule has 0 saturated carbocycles. The van der Waals surface area contributed by atoms with E-state index in [1.165, 1.54) is 18.1 Å². The van der Waals surface area contributed by atoms with Crippen molar-refractivity contribution < 1.29 is 13.9 Å². The molecule has 0 spiro atoms. The van der Waals surface area contributed by atoms with Crippen LogP contribution in [-0.4, -0.2) is 39.0 Å². The van der Waals surface area contributed by atoms with Gasteiger partial charge in [0.15, 0.2) is 0 Å². The molecule has 19 heavy (non-hydrogen) atoms. The van der Waals surface area contributed by atoms with Crippen LogP contribution in [0.1, 0.15) is 17.6 Å². The summed E-state index contributed by atoms with van der Waals surface area (Å²) in [5, 5.41) is 9.09. The van der Waals surface area contributed by atoms with Crippen LogP contribution in [0.25, 0.3) is 0 Å². The van der Waals surface area contributed by atoms with Gasteiger partial charge in [0.05, 0.1) is 6.61 Å². The highest BCUT2D eigenvalue weighted by Gasteiger charge is 2.16. The van der Waals surface area contributed by atoms with E-state index in [1.807, 2.05) is 6.26 Å². The molecule has 2 rings (SSSR count).